The highest BCUT2D eigenvalue weighted by Crippen LogP contribution is 2.36. The first-order valence-corrected chi connectivity index (χ1v) is 7.04. The Morgan fingerprint density at radius 1 is 1.28 bits per heavy atom. The van der Waals surface area contributed by atoms with Gasteiger partial charge in [0.15, 0.2) is 0 Å². The minimum absolute atomic E-state index is 0.233. The average Bonchev–Trinajstić information content (AvgIpc) is 2.33. The molecule has 1 aromatic rings. The minimum atomic E-state index is 0.233. The Kier molecular flexibility index (Phi) is 3.96. The van der Waals surface area contributed by atoms with E-state index in [2.05, 4.69) is 62.3 Å². The molecule has 1 unspecified atom stereocenters. The van der Waals surface area contributed by atoms with Crippen molar-refractivity contribution in [1.29, 1.82) is 0 Å². The van der Waals surface area contributed by atoms with Crippen molar-refractivity contribution in [2.75, 3.05) is 25.0 Å². The number of hydrogen-bond donors (Lipinski definition) is 1. The molecule has 1 aromatic carbocycles. The lowest BCUT2D eigenvalue weighted by Gasteiger charge is -2.49. The summed E-state index contributed by atoms with van der Waals surface area (Å²) in [5.41, 5.74) is 2.93. The zero-order valence-electron chi connectivity index (χ0n) is 12.2. The molecule has 1 atom stereocenters. The van der Waals surface area contributed by atoms with Crippen LogP contribution in [0, 0.1) is 12.8 Å². The first kappa shape index (κ1) is 13.4. The second-order valence-electron chi connectivity index (χ2n) is 6.04. The van der Waals surface area contributed by atoms with E-state index < -0.39 is 0 Å². The Labute approximate surface area is 111 Å². The third-order valence-electron chi connectivity index (χ3n) is 4.43. The van der Waals surface area contributed by atoms with Gasteiger partial charge in [-0.3, -0.25) is 0 Å². The third-order valence-corrected chi connectivity index (χ3v) is 4.43. The maximum atomic E-state index is 3.35. The van der Waals surface area contributed by atoms with Crippen molar-refractivity contribution in [3.63, 3.8) is 0 Å². The molecule has 0 bridgehead atoms. The van der Waals surface area contributed by atoms with Gasteiger partial charge in [-0.2, -0.15) is 0 Å². The summed E-state index contributed by atoms with van der Waals surface area (Å²) in [4.78, 5) is 2.58. The van der Waals surface area contributed by atoms with Gasteiger partial charge in [0.25, 0.3) is 0 Å². The summed E-state index contributed by atoms with van der Waals surface area (Å²) in [5.74, 6) is 0.720. The lowest BCUT2D eigenvalue weighted by Crippen LogP contribution is -2.55. The molecule has 0 radical (unpaired) electrons. The largest absolute Gasteiger partial charge is 0.366 e. The summed E-state index contributed by atoms with van der Waals surface area (Å²) in [6.07, 6.45) is 2.62. The van der Waals surface area contributed by atoms with Crippen molar-refractivity contribution < 1.29 is 0 Å². The molecule has 2 nitrogen and oxygen atoms in total. The van der Waals surface area contributed by atoms with Gasteiger partial charge in [0, 0.05) is 17.8 Å². The normalized spacial score (nSPS) is 23.1. The molecule has 1 N–H and O–H groups in total. The number of nitrogens with zero attached hydrogens (tertiary/aromatic N) is 1. The molecule has 0 spiro atoms. The monoisotopic (exact) mass is 246 g/mol. The maximum Gasteiger partial charge on any atom is 0.0386 e. The van der Waals surface area contributed by atoms with Gasteiger partial charge < -0.3 is 10.2 Å². The topological polar surface area (TPSA) is 15.3 Å². The summed E-state index contributed by atoms with van der Waals surface area (Å²) < 4.78 is 0. The Balaban J connectivity index is 2.23. The smallest absolute Gasteiger partial charge is 0.0386 e. The number of piperidine rings is 1. The highest BCUT2D eigenvalue weighted by molar-refractivity contribution is 5.50. The first-order valence-electron chi connectivity index (χ1n) is 7.04. The third kappa shape index (κ3) is 2.54. The van der Waals surface area contributed by atoms with E-state index in [1.54, 1.807) is 0 Å². The van der Waals surface area contributed by atoms with Crippen LogP contribution < -0.4 is 10.2 Å². The summed E-state index contributed by atoms with van der Waals surface area (Å²) in [6.45, 7) is 9.20. The van der Waals surface area contributed by atoms with Crippen LogP contribution in [0.3, 0.4) is 0 Å². The molecule has 2 heteroatoms. The predicted octanol–water partition coefficient (Wildman–Crippen LogP) is 3.21. The molecule has 2 rings (SSSR count). The van der Waals surface area contributed by atoms with Crippen LogP contribution in [0.1, 0.15) is 32.3 Å². The Morgan fingerprint density at radius 3 is 2.56 bits per heavy atom. The van der Waals surface area contributed by atoms with Crippen LogP contribution in [0.15, 0.2) is 24.3 Å². The number of rotatable bonds is 3. The van der Waals surface area contributed by atoms with Gasteiger partial charge in [0.2, 0.25) is 0 Å². The quantitative estimate of drug-likeness (QED) is 0.881. The van der Waals surface area contributed by atoms with Crippen LogP contribution in [0.4, 0.5) is 5.69 Å². The van der Waals surface area contributed by atoms with Gasteiger partial charge >= 0.3 is 0 Å². The van der Waals surface area contributed by atoms with Crippen LogP contribution in [0.25, 0.3) is 0 Å². The van der Waals surface area contributed by atoms with Gasteiger partial charge in [-0.1, -0.05) is 17.7 Å². The second kappa shape index (κ2) is 5.31. The van der Waals surface area contributed by atoms with Crippen LogP contribution in [-0.2, 0) is 0 Å². The molecule has 1 aliphatic heterocycles. The predicted molar refractivity (Wildman–Crippen MR) is 79.3 cm³/mol. The lowest BCUT2D eigenvalue weighted by molar-refractivity contribution is 0.235. The number of nitrogens with one attached hydrogen (secondary N) is 1. The van der Waals surface area contributed by atoms with Crippen LogP contribution in [-0.4, -0.2) is 25.7 Å². The summed E-state index contributed by atoms with van der Waals surface area (Å²) >= 11 is 0. The highest BCUT2D eigenvalue weighted by atomic mass is 15.2. The Hall–Kier alpha value is -1.02. The van der Waals surface area contributed by atoms with Crippen molar-refractivity contribution in [1.82, 2.24) is 5.32 Å². The van der Waals surface area contributed by atoms with E-state index in [4.69, 9.17) is 0 Å². The molecule has 0 aromatic heterocycles. The molecule has 18 heavy (non-hydrogen) atoms. The maximum absolute atomic E-state index is 3.35. The lowest BCUT2D eigenvalue weighted by atomic mass is 9.78. The second-order valence-corrected chi connectivity index (χ2v) is 6.04. The summed E-state index contributed by atoms with van der Waals surface area (Å²) in [6, 6.07) is 8.96. The molecular formula is C16H26N2. The van der Waals surface area contributed by atoms with Gasteiger partial charge in [0.05, 0.1) is 0 Å². The van der Waals surface area contributed by atoms with Gasteiger partial charge in [0.1, 0.15) is 0 Å². The first-order chi connectivity index (χ1) is 8.55. The number of anilines is 1. The summed E-state index contributed by atoms with van der Waals surface area (Å²) in [7, 11) is 2.06. The molecule has 0 saturated carbocycles. The number of hydrogen-bond acceptors (Lipinski definition) is 2. The van der Waals surface area contributed by atoms with E-state index in [9.17, 15) is 0 Å². The number of benzene rings is 1. The molecule has 0 aliphatic carbocycles. The SMILES string of the molecule is CNCC1CCCN(c2ccc(C)cc2)C1(C)C. The zero-order valence-corrected chi connectivity index (χ0v) is 12.2. The van der Waals surface area contributed by atoms with E-state index in [-0.39, 0.29) is 5.54 Å². The van der Waals surface area contributed by atoms with Crippen molar-refractivity contribution in [2.24, 2.45) is 5.92 Å². The van der Waals surface area contributed by atoms with Crippen LogP contribution in [0.2, 0.25) is 0 Å². The highest BCUT2D eigenvalue weighted by Gasteiger charge is 2.37. The fraction of sp³-hybridized carbons (Fsp3) is 0.625. The van der Waals surface area contributed by atoms with Crippen LogP contribution >= 0.6 is 0 Å². The molecule has 1 aliphatic rings. The molecule has 1 heterocycles. The van der Waals surface area contributed by atoms with Crippen LogP contribution in [0.5, 0.6) is 0 Å². The Morgan fingerprint density at radius 2 is 1.94 bits per heavy atom. The molecule has 0 amide bonds. The van der Waals surface area contributed by atoms with E-state index in [1.807, 2.05) is 0 Å². The van der Waals surface area contributed by atoms with Crippen molar-refractivity contribution in [2.45, 2.75) is 39.2 Å². The molecule has 100 valence electrons. The average molecular weight is 246 g/mol. The Bertz CT molecular complexity index is 379. The van der Waals surface area contributed by atoms with Gasteiger partial charge in [-0.25, -0.2) is 0 Å². The molecular weight excluding hydrogens is 220 g/mol. The van der Waals surface area contributed by atoms with Crippen molar-refractivity contribution in [3.8, 4) is 0 Å². The molecule has 1 fully saturated rings. The van der Waals surface area contributed by atoms with Crippen molar-refractivity contribution >= 4 is 5.69 Å². The van der Waals surface area contributed by atoms with Crippen molar-refractivity contribution in [3.05, 3.63) is 29.8 Å². The fourth-order valence-corrected chi connectivity index (χ4v) is 3.14. The number of aryl methyl sites for hydroxylation is 1. The minimum Gasteiger partial charge on any atom is -0.366 e. The van der Waals surface area contributed by atoms with Gasteiger partial charge in [-0.05, 0) is 65.3 Å². The van der Waals surface area contributed by atoms with Gasteiger partial charge in [-0.15, -0.1) is 0 Å². The van der Waals surface area contributed by atoms with E-state index in [0.29, 0.717) is 0 Å². The standard InChI is InChI=1S/C16H26N2/c1-13-7-9-15(10-8-13)18-11-5-6-14(12-17-4)16(18,2)3/h7-10,14,17H,5-6,11-12H2,1-4H3. The molecule has 1 saturated heterocycles. The van der Waals surface area contributed by atoms with E-state index >= 15 is 0 Å². The zero-order chi connectivity index (χ0) is 13.2. The summed E-state index contributed by atoms with van der Waals surface area (Å²) in [5, 5.41) is 3.35. The van der Waals surface area contributed by atoms with E-state index in [0.717, 1.165) is 12.5 Å². The van der Waals surface area contributed by atoms with E-state index in [1.165, 1.54) is 30.6 Å². The fourth-order valence-electron chi connectivity index (χ4n) is 3.14.